The first kappa shape index (κ1) is 17.7. The lowest BCUT2D eigenvalue weighted by molar-refractivity contribution is -0.131. The number of carbonyl (C=O) groups excluding carboxylic acids is 1. The zero-order valence-electron chi connectivity index (χ0n) is 15.3. The Kier molecular flexibility index (Phi) is 5.70. The zero-order valence-corrected chi connectivity index (χ0v) is 16.2. The molecule has 0 aliphatic carbocycles. The molecule has 0 bridgehead atoms. The highest BCUT2D eigenvalue weighted by Gasteiger charge is 2.26. The molecule has 1 amide bonds. The van der Waals surface area contributed by atoms with E-state index in [1.807, 2.05) is 11.6 Å². The molecule has 4 rings (SSSR count). The van der Waals surface area contributed by atoms with E-state index in [-0.39, 0.29) is 5.91 Å². The van der Waals surface area contributed by atoms with Gasteiger partial charge in [-0.05, 0) is 73.3 Å². The van der Waals surface area contributed by atoms with Crippen molar-refractivity contribution in [3.8, 4) is 0 Å². The summed E-state index contributed by atoms with van der Waals surface area (Å²) in [6.45, 7) is 6.08. The normalized spacial score (nSPS) is 21.4. The summed E-state index contributed by atoms with van der Waals surface area (Å²) in [5.74, 6) is 0.713. The van der Waals surface area contributed by atoms with E-state index < -0.39 is 0 Å². The molecular formula is C20H28N4OS. The number of likely N-dealkylation sites (tertiary alicyclic amines) is 1. The number of nitrogens with zero attached hydrogens (tertiary/aromatic N) is 4. The molecule has 5 nitrogen and oxygen atoms in total. The number of rotatable bonds is 5. The molecule has 0 saturated carbocycles. The molecule has 1 atom stereocenters. The van der Waals surface area contributed by atoms with E-state index >= 15 is 0 Å². The van der Waals surface area contributed by atoms with Gasteiger partial charge in [-0.15, -0.1) is 0 Å². The van der Waals surface area contributed by atoms with Gasteiger partial charge in [-0.25, -0.2) is 0 Å². The lowest BCUT2D eigenvalue weighted by atomic mass is 10.0. The molecule has 2 aromatic rings. The predicted octanol–water partition coefficient (Wildman–Crippen LogP) is 3.02. The maximum Gasteiger partial charge on any atom is 0.227 e. The summed E-state index contributed by atoms with van der Waals surface area (Å²) in [4.78, 5) is 17.5. The molecule has 140 valence electrons. The van der Waals surface area contributed by atoms with E-state index in [4.69, 9.17) is 0 Å². The van der Waals surface area contributed by atoms with Crippen molar-refractivity contribution in [2.24, 2.45) is 5.92 Å². The van der Waals surface area contributed by atoms with Crippen molar-refractivity contribution >= 4 is 17.2 Å². The Morgan fingerprint density at radius 3 is 2.88 bits per heavy atom. The van der Waals surface area contributed by atoms with Crippen LogP contribution in [0.3, 0.4) is 0 Å². The highest BCUT2D eigenvalue weighted by molar-refractivity contribution is 7.08. The lowest BCUT2D eigenvalue weighted by Gasteiger charge is -2.29. The quantitative estimate of drug-likeness (QED) is 0.810. The van der Waals surface area contributed by atoms with Crippen LogP contribution in [0.25, 0.3) is 0 Å². The fourth-order valence-corrected chi connectivity index (χ4v) is 4.80. The maximum atomic E-state index is 12.9. The van der Waals surface area contributed by atoms with Gasteiger partial charge in [-0.1, -0.05) is 6.42 Å². The monoisotopic (exact) mass is 372 g/mol. The van der Waals surface area contributed by atoms with E-state index in [0.29, 0.717) is 18.9 Å². The van der Waals surface area contributed by atoms with Crippen molar-refractivity contribution in [3.05, 3.63) is 40.3 Å². The Balaban J connectivity index is 1.41. The minimum atomic E-state index is 0.237. The van der Waals surface area contributed by atoms with Gasteiger partial charge < -0.3 is 9.80 Å². The van der Waals surface area contributed by atoms with E-state index in [0.717, 1.165) is 37.3 Å². The molecule has 0 unspecified atom stereocenters. The molecule has 0 spiro atoms. The average molecular weight is 373 g/mol. The summed E-state index contributed by atoms with van der Waals surface area (Å²) in [6.07, 6.45) is 7.56. The first-order valence-electron chi connectivity index (χ1n) is 9.80. The van der Waals surface area contributed by atoms with Gasteiger partial charge in [0.15, 0.2) is 0 Å². The second-order valence-electron chi connectivity index (χ2n) is 7.64. The van der Waals surface area contributed by atoms with Gasteiger partial charge in [-0.3, -0.25) is 9.48 Å². The summed E-state index contributed by atoms with van der Waals surface area (Å²) in [5, 5.41) is 8.62. The van der Waals surface area contributed by atoms with E-state index in [1.54, 1.807) is 11.3 Å². The third-order valence-electron chi connectivity index (χ3n) is 5.66. The molecular weight excluding hydrogens is 344 g/mol. The third-order valence-corrected chi connectivity index (χ3v) is 6.39. The molecule has 26 heavy (non-hydrogen) atoms. The second-order valence-corrected chi connectivity index (χ2v) is 8.42. The van der Waals surface area contributed by atoms with Gasteiger partial charge in [0.2, 0.25) is 5.91 Å². The van der Waals surface area contributed by atoms with Crippen LogP contribution in [0.1, 0.15) is 36.9 Å². The summed E-state index contributed by atoms with van der Waals surface area (Å²) >= 11 is 1.66. The van der Waals surface area contributed by atoms with E-state index in [1.165, 1.54) is 32.4 Å². The Hall–Kier alpha value is -1.66. The van der Waals surface area contributed by atoms with Gasteiger partial charge in [0, 0.05) is 19.3 Å². The highest BCUT2D eigenvalue weighted by Crippen LogP contribution is 2.21. The number of hydrogen-bond donors (Lipinski definition) is 0. The first-order chi connectivity index (χ1) is 12.8. The van der Waals surface area contributed by atoms with Crippen LogP contribution in [0.15, 0.2) is 29.1 Å². The van der Waals surface area contributed by atoms with Crippen LogP contribution in [-0.4, -0.2) is 51.7 Å². The number of hydrogen-bond acceptors (Lipinski definition) is 4. The molecule has 2 aliphatic heterocycles. The lowest BCUT2D eigenvalue weighted by Crippen LogP contribution is -2.37. The minimum Gasteiger partial charge on any atom is -0.336 e. The minimum absolute atomic E-state index is 0.237. The van der Waals surface area contributed by atoms with Crippen LogP contribution in [0.2, 0.25) is 0 Å². The average Bonchev–Trinajstić information content (AvgIpc) is 3.29. The van der Waals surface area contributed by atoms with Crippen molar-refractivity contribution in [2.75, 3.05) is 26.2 Å². The molecule has 1 saturated heterocycles. The second kappa shape index (κ2) is 8.35. The standard InChI is InChI=1S/C20H28N4OS/c25-20(12-17-6-11-26-16-17)23-13-18(5-10-22-8-2-1-3-9-22)14-24-19(15-23)4-7-21-24/h4,6-7,11,16,18H,1-3,5,8-10,12-15H2/t18-/m0/s1. The van der Waals surface area contributed by atoms with Gasteiger partial charge >= 0.3 is 0 Å². The van der Waals surface area contributed by atoms with Crippen LogP contribution < -0.4 is 0 Å². The first-order valence-corrected chi connectivity index (χ1v) is 10.7. The van der Waals surface area contributed by atoms with Crippen LogP contribution in [-0.2, 0) is 24.3 Å². The fraction of sp³-hybridized carbons (Fsp3) is 0.600. The Labute approximate surface area is 159 Å². The number of thiophene rings is 1. The molecule has 4 heterocycles. The summed E-state index contributed by atoms with van der Waals surface area (Å²) in [7, 11) is 0. The topological polar surface area (TPSA) is 41.4 Å². The summed E-state index contributed by atoms with van der Waals surface area (Å²) in [5.41, 5.74) is 2.28. The SMILES string of the molecule is O=C(Cc1ccsc1)N1Cc2ccnn2C[C@@H](CCN2CCCCC2)C1. The number of amides is 1. The Morgan fingerprint density at radius 2 is 2.08 bits per heavy atom. The highest BCUT2D eigenvalue weighted by atomic mass is 32.1. The van der Waals surface area contributed by atoms with Gasteiger partial charge in [0.1, 0.15) is 0 Å². The van der Waals surface area contributed by atoms with Crippen LogP contribution in [0.4, 0.5) is 0 Å². The van der Waals surface area contributed by atoms with Crippen LogP contribution >= 0.6 is 11.3 Å². The van der Waals surface area contributed by atoms with Crippen LogP contribution in [0.5, 0.6) is 0 Å². The number of aromatic nitrogens is 2. The maximum absolute atomic E-state index is 12.9. The van der Waals surface area contributed by atoms with Gasteiger partial charge in [-0.2, -0.15) is 16.4 Å². The van der Waals surface area contributed by atoms with Crippen molar-refractivity contribution in [3.63, 3.8) is 0 Å². The van der Waals surface area contributed by atoms with E-state index in [9.17, 15) is 4.79 Å². The van der Waals surface area contributed by atoms with Crippen molar-refractivity contribution in [1.29, 1.82) is 0 Å². The van der Waals surface area contributed by atoms with Crippen molar-refractivity contribution in [1.82, 2.24) is 19.6 Å². The summed E-state index contributed by atoms with van der Waals surface area (Å²) in [6, 6.07) is 4.11. The molecule has 0 aromatic carbocycles. The van der Waals surface area contributed by atoms with Gasteiger partial charge in [0.25, 0.3) is 0 Å². The molecule has 6 heteroatoms. The molecule has 2 aliphatic rings. The Morgan fingerprint density at radius 1 is 1.19 bits per heavy atom. The predicted molar refractivity (Wildman–Crippen MR) is 104 cm³/mol. The number of carbonyl (C=O) groups is 1. The van der Waals surface area contributed by atoms with Crippen LogP contribution in [0, 0.1) is 5.92 Å². The largest absolute Gasteiger partial charge is 0.336 e. The fourth-order valence-electron chi connectivity index (χ4n) is 4.13. The molecule has 2 aromatic heterocycles. The third kappa shape index (κ3) is 4.35. The molecule has 0 N–H and O–H groups in total. The van der Waals surface area contributed by atoms with Crippen molar-refractivity contribution < 1.29 is 4.79 Å². The van der Waals surface area contributed by atoms with E-state index in [2.05, 4.69) is 37.1 Å². The number of piperidine rings is 1. The molecule has 1 fully saturated rings. The zero-order chi connectivity index (χ0) is 17.8. The van der Waals surface area contributed by atoms with Crippen molar-refractivity contribution in [2.45, 2.75) is 45.2 Å². The number of fused-ring (bicyclic) bond motifs is 1. The Bertz CT molecular complexity index is 705. The summed E-state index contributed by atoms with van der Waals surface area (Å²) < 4.78 is 2.11. The van der Waals surface area contributed by atoms with Gasteiger partial charge in [0.05, 0.1) is 18.7 Å². The molecule has 0 radical (unpaired) electrons. The smallest absolute Gasteiger partial charge is 0.227 e.